The number of aryl methyl sites for hydroxylation is 1. The van der Waals surface area contributed by atoms with E-state index in [1.807, 2.05) is 0 Å². The van der Waals surface area contributed by atoms with Crippen LogP contribution in [0.5, 0.6) is 0 Å². The van der Waals surface area contributed by atoms with Crippen molar-refractivity contribution in [2.24, 2.45) is 4.99 Å². The maximum Gasteiger partial charge on any atom is 0.443 e. The van der Waals surface area contributed by atoms with Crippen molar-refractivity contribution in [2.45, 2.75) is 18.8 Å². The molecule has 1 N–H and O–H groups in total. The van der Waals surface area contributed by atoms with Crippen molar-refractivity contribution < 1.29 is 17.9 Å². The van der Waals surface area contributed by atoms with Gasteiger partial charge in [0.25, 0.3) is 5.72 Å². The van der Waals surface area contributed by atoms with Crippen molar-refractivity contribution in [3.63, 3.8) is 0 Å². The molecule has 92 valence electrons. The van der Waals surface area contributed by atoms with Gasteiger partial charge in [0.2, 0.25) is 0 Å². The lowest BCUT2D eigenvalue weighted by atomic mass is 9.98. The first kappa shape index (κ1) is 11.8. The fraction of sp³-hybridized carbons (Fsp3) is 0.400. The zero-order chi connectivity index (χ0) is 12.7. The summed E-state index contributed by atoms with van der Waals surface area (Å²) >= 11 is 0. The van der Waals surface area contributed by atoms with Gasteiger partial charge in [-0.1, -0.05) is 0 Å². The number of methoxy groups -OCH3 is 1. The van der Waals surface area contributed by atoms with Crippen molar-refractivity contribution in [3.8, 4) is 0 Å². The third kappa shape index (κ3) is 1.57. The summed E-state index contributed by atoms with van der Waals surface area (Å²) < 4.78 is 44.1. The number of alkyl halides is 3. The van der Waals surface area contributed by atoms with E-state index in [1.165, 1.54) is 19.2 Å². The molecule has 0 fully saturated rings. The third-order valence-corrected chi connectivity index (χ3v) is 2.63. The lowest BCUT2D eigenvalue weighted by Gasteiger charge is -2.35. The van der Waals surface area contributed by atoms with Crippen LogP contribution in [-0.2, 0) is 10.5 Å². The quantitative estimate of drug-likeness (QED) is 0.825. The third-order valence-electron chi connectivity index (χ3n) is 2.63. The van der Waals surface area contributed by atoms with Gasteiger partial charge in [-0.25, -0.2) is 4.99 Å². The lowest BCUT2D eigenvalue weighted by molar-refractivity contribution is -0.273. The average Bonchev–Trinajstić information content (AvgIpc) is 2.27. The molecule has 1 atom stereocenters. The fourth-order valence-corrected chi connectivity index (χ4v) is 1.86. The van der Waals surface area contributed by atoms with Gasteiger partial charge in [0.05, 0.1) is 17.6 Å². The standard InChI is InChI=1S/C10H10F3N3O/c1-6-8-7(3-4-14-6)15-5-16-9(8,17-2)10(11,12)13/h3-5H,1-2H3,(H,15,16)/t9-/m0/s1. The number of hydrogen-bond acceptors (Lipinski definition) is 4. The van der Waals surface area contributed by atoms with Crippen molar-refractivity contribution >= 4 is 12.0 Å². The second-order valence-corrected chi connectivity index (χ2v) is 3.57. The van der Waals surface area contributed by atoms with Crippen molar-refractivity contribution in [3.05, 3.63) is 23.5 Å². The Morgan fingerprint density at radius 3 is 2.71 bits per heavy atom. The number of aromatic nitrogens is 1. The van der Waals surface area contributed by atoms with Crippen LogP contribution in [0.4, 0.5) is 18.9 Å². The molecule has 0 aliphatic carbocycles. The van der Waals surface area contributed by atoms with Gasteiger partial charge in [-0.15, -0.1) is 0 Å². The Labute approximate surface area is 95.5 Å². The Bertz CT molecular complexity index is 472. The van der Waals surface area contributed by atoms with Crippen LogP contribution < -0.4 is 5.32 Å². The molecule has 0 saturated carbocycles. The predicted octanol–water partition coefficient (Wildman–Crippen LogP) is 2.21. The number of fused-ring (bicyclic) bond motifs is 1. The Balaban J connectivity index is 2.72. The first-order valence-corrected chi connectivity index (χ1v) is 4.80. The zero-order valence-corrected chi connectivity index (χ0v) is 9.17. The molecule has 1 aliphatic heterocycles. The minimum atomic E-state index is -4.65. The van der Waals surface area contributed by atoms with Gasteiger partial charge in [0, 0.05) is 19.0 Å². The smallest absolute Gasteiger partial charge is 0.346 e. The van der Waals surface area contributed by atoms with E-state index in [0.717, 1.165) is 13.4 Å². The monoisotopic (exact) mass is 245 g/mol. The highest BCUT2D eigenvalue weighted by Gasteiger charge is 2.60. The molecule has 1 aromatic heterocycles. The van der Waals surface area contributed by atoms with E-state index in [0.29, 0.717) is 5.69 Å². The SMILES string of the molecule is CO[C@@]1(C(F)(F)F)N=CNc2ccnc(C)c21. The normalized spacial score (nSPS) is 23.1. The maximum absolute atomic E-state index is 13.2. The fourth-order valence-electron chi connectivity index (χ4n) is 1.86. The Morgan fingerprint density at radius 1 is 1.41 bits per heavy atom. The second kappa shape index (κ2) is 3.69. The summed E-state index contributed by atoms with van der Waals surface area (Å²) in [6.07, 6.45) is -2.24. The largest absolute Gasteiger partial charge is 0.443 e. The molecule has 0 spiro atoms. The molecule has 4 nitrogen and oxygen atoms in total. The van der Waals surface area contributed by atoms with Crippen molar-refractivity contribution in [1.29, 1.82) is 0 Å². The Kier molecular flexibility index (Phi) is 2.57. The summed E-state index contributed by atoms with van der Waals surface area (Å²) in [4.78, 5) is 7.28. The highest BCUT2D eigenvalue weighted by molar-refractivity contribution is 5.81. The van der Waals surface area contributed by atoms with Crippen LogP contribution >= 0.6 is 0 Å². The molecule has 0 radical (unpaired) electrons. The highest BCUT2D eigenvalue weighted by atomic mass is 19.4. The molecule has 2 rings (SSSR count). The molecule has 7 heteroatoms. The van der Waals surface area contributed by atoms with Crippen LogP contribution in [0.25, 0.3) is 0 Å². The van der Waals surface area contributed by atoms with Gasteiger partial charge in [0.1, 0.15) is 0 Å². The zero-order valence-electron chi connectivity index (χ0n) is 9.17. The summed E-state index contributed by atoms with van der Waals surface area (Å²) in [6.45, 7) is 1.49. The molecule has 0 unspecified atom stereocenters. The lowest BCUT2D eigenvalue weighted by Crippen LogP contribution is -2.45. The van der Waals surface area contributed by atoms with Crippen LogP contribution in [0.3, 0.4) is 0 Å². The highest BCUT2D eigenvalue weighted by Crippen LogP contribution is 2.47. The summed E-state index contributed by atoms with van der Waals surface area (Å²) in [5, 5.41) is 2.65. The topological polar surface area (TPSA) is 46.5 Å². The number of halogens is 3. The Hall–Kier alpha value is -1.63. The first-order chi connectivity index (χ1) is 7.92. The summed E-state index contributed by atoms with van der Waals surface area (Å²) in [6, 6.07) is 1.45. The molecular weight excluding hydrogens is 235 g/mol. The van der Waals surface area contributed by atoms with Crippen LogP contribution in [0.2, 0.25) is 0 Å². The van der Waals surface area contributed by atoms with E-state index in [2.05, 4.69) is 20.0 Å². The second-order valence-electron chi connectivity index (χ2n) is 3.57. The number of aliphatic imine (C=N–C) groups is 1. The van der Waals surface area contributed by atoms with E-state index in [9.17, 15) is 13.2 Å². The van der Waals surface area contributed by atoms with Gasteiger partial charge < -0.3 is 10.1 Å². The molecule has 0 saturated heterocycles. The molecule has 1 aromatic rings. The van der Waals surface area contributed by atoms with Crippen molar-refractivity contribution in [2.75, 3.05) is 12.4 Å². The van der Waals surface area contributed by atoms with E-state index < -0.39 is 11.9 Å². The first-order valence-electron chi connectivity index (χ1n) is 4.80. The van der Waals surface area contributed by atoms with E-state index in [1.54, 1.807) is 0 Å². The predicted molar refractivity (Wildman–Crippen MR) is 55.8 cm³/mol. The van der Waals surface area contributed by atoms with Gasteiger partial charge in [0.15, 0.2) is 0 Å². The Morgan fingerprint density at radius 2 is 2.12 bits per heavy atom. The van der Waals surface area contributed by atoms with Crippen molar-refractivity contribution in [1.82, 2.24) is 4.98 Å². The van der Waals surface area contributed by atoms with Gasteiger partial charge in [-0.05, 0) is 13.0 Å². The summed E-state index contributed by atoms with van der Waals surface area (Å²) in [5.41, 5.74) is -2.25. The molecule has 0 amide bonds. The average molecular weight is 245 g/mol. The van der Waals surface area contributed by atoms with Gasteiger partial charge >= 0.3 is 6.18 Å². The number of rotatable bonds is 1. The molecule has 1 aliphatic rings. The summed E-state index contributed by atoms with van der Waals surface area (Å²) in [7, 11) is 0.979. The molecule has 2 heterocycles. The number of nitrogens with zero attached hydrogens (tertiary/aromatic N) is 2. The number of hydrogen-bond donors (Lipinski definition) is 1. The summed E-state index contributed by atoms with van der Waals surface area (Å²) in [5.74, 6) is 0. The van der Waals surface area contributed by atoms with Crippen LogP contribution in [-0.4, -0.2) is 24.6 Å². The number of anilines is 1. The van der Waals surface area contributed by atoms with E-state index in [-0.39, 0.29) is 11.3 Å². The van der Waals surface area contributed by atoms with Crippen LogP contribution in [0.1, 0.15) is 11.3 Å². The molecule has 0 aromatic carbocycles. The van der Waals surface area contributed by atoms with E-state index >= 15 is 0 Å². The minimum Gasteiger partial charge on any atom is -0.346 e. The molecule has 17 heavy (non-hydrogen) atoms. The van der Waals surface area contributed by atoms with Gasteiger partial charge in [-0.3, -0.25) is 4.98 Å². The number of pyridine rings is 1. The number of ether oxygens (including phenoxy) is 1. The van der Waals surface area contributed by atoms with Gasteiger partial charge in [-0.2, -0.15) is 13.2 Å². The van der Waals surface area contributed by atoms with E-state index in [4.69, 9.17) is 0 Å². The minimum absolute atomic E-state index is 0.0995. The van der Waals surface area contributed by atoms with Crippen LogP contribution in [0, 0.1) is 6.92 Å². The van der Waals surface area contributed by atoms with Crippen LogP contribution in [0.15, 0.2) is 17.3 Å². The molecular formula is C10H10F3N3O. The maximum atomic E-state index is 13.2. The molecule has 0 bridgehead atoms. The number of nitrogens with one attached hydrogen (secondary N) is 1.